The molecule has 0 unspecified atom stereocenters. The van der Waals surface area contributed by atoms with Gasteiger partial charge in [0, 0.05) is 16.3 Å². The summed E-state index contributed by atoms with van der Waals surface area (Å²) in [6.45, 7) is 0.761. The Bertz CT molecular complexity index is 710. The van der Waals surface area contributed by atoms with Crippen molar-refractivity contribution in [3.8, 4) is 0 Å². The quantitative estimate of drug-likeness (QED) is 0.738. The third-order valence-electron chi connectivity index (χ3n) is 5.19. The number of hydrogen-bond donors (Lipinski definition) is 1. The van der Waals surface area contributed by atoms with Crippen LogP contribution in [-0.2, 0) is 0 Å². The first-order valence-electron chi connectivity index (χ1n) is 9.27. The zero-order chi connectivity index (χ0) is 17.1. The van der Waals surface area contributed by atoms with E-state index in [4.69, 9.17) is 0 Å². The van der Waals surface area contributed by atoms with Crippen molar-refractivity contribution < 1.29 is 4.79 Å². The Morgan fingerprint density at radius 1 is 0.960 bits per heavy atom. The van der Waals surface area contributed by atoms with Gasteiger partial charge in [-0.25, -0.2) is 4.79 Å². The van der Waals surface area contributed by atoms with Gasteiger partial charge < -0.3 is 5.32 Å². The highest BCUT2D eigenvalue weighted by Crippen LogP contribution is 2.47. The zero-order valence-electron chi connectivity index (χ0n) is 14.4. The van der Waals surface area contributed by atoms with Crippen molar-refractivity contribution in [2.45, 2.75) is 48.3 Å². The molecule has 0 spiro atoms. The highest BCUT2D eigenvalue weighted by atomic mass is 32.2. The molecule has 2 amide bonds. The fourth-order valence-electron chi connectivity index (χ4n) is 3.86. The fraction of sp³-hybridized carbons (Fsp3) is 0.381. The third kappa shape index (κ3) is 3.54. The molecule has 4 heteroatoms. The van der Waals surface area contributed by atoms with Crippen molar-refractivity contribution in [3.05, 3.63) is 48.5 Å². The highest BCUT2D eigenvalue weighted by Gasteiger charge is 2.27. The number of fused-ring (bicyclic) bond motifs is 2. The summed E-state index contributed by atoms with van der Waals surface area (Å²) in [7, 11) is 0. The van der Waals surface area contributed by atoms with Crippen molar-refractivity contribution in [1.82, 2.24) is 5.32 Å². The monoisotopic (exact) mass is 352 g/mol. The van der Waals surface area contributed by atoms with E-state index in [-0.39, 0.29) is 6.03 Å². The molecule has 0 atom stereocenters. The van der Waals surface area contributed by atoms with Gasteiger partial charge in [-0.05, 0) is 36.6 Å². The molecule has 1 fully saturated rings. The van der Waals surface area contributed by atoms with Gasteiger partial charge in [-0.15, -0.1) is 0 Å². The van der Waals surface area contributed by atoms with Crippen LogP contribution in [0.2, 0.25) is 0 Å². The van der Waals surface area contributed by atoms with Gasteiger partial charge >= 0.3 is 6.03 Å². The van der Waals surface area contributed by atoms with E-state index in [1.54, 1.807) is 11.8 Å². The molecule has 130 valence electrons. The molecule has 0 bridgehead atoms. The molecule has 2 aromatic rings. The van der Waals surface area contributed by atoms with Crippen LogP contribution in [0, 0.1) is 5.92 Å². The van der Waals surface area contributed by atoms with Gasteiger partial charge in [0.1, 0.15) is 0 Å². The van der Waals surface area contributed by atoms with Crippen molar-refractivity contribution in [2.24, 2.45) is 5.92 Å². The van der Waals surface area contributed by atoms with Gasteiger partial charge in [-0.1, -0.05) is 68.1 Å². The van der Waals surface area contributed by atoms with E-state index < -0.39 is 0 Å². The molecular weight excluding hydrogens is 328 g/mol. The summed E-state index contributed by atoms with van der Waals surface area (Å²) in [6.07, 6.45) is 7.81. The van der Waals surface area contributed by atoms with Gasteiger partial charge in [0.25, 0.3) is 0 Å². The molecule has 0 saturated heterocycles. The van der Waals surface area contributed by atoms with Crippen LogP contribution in [0.25, 0.3) is 0 Å². The van der Waals surface area contributed by atoms with Crippen LogP contribution in [0.15, 0.2) is 58.3 Å². The summed E-state index contributed by atoms with van der Waals surface area (Å²) in [5, 5.41) is 3.16. The largest absolute Gasteiger partial charge is 0.337 e. The molecule has 0 aromatic heterocycles. The zero-order valence-corrected chi connectivity index (χ0v) is 15.2. The van der Waals surface area contributed by atoms with Crippen LogP contribution >= 0.6 is 11.8 Å². The van der Waals surface area contributed by atoms with Crippen molar-refractivity contribution in [1.29, 1.82) is 0 Å². The Kier molecular flexibility index (Phi) is 4.97. The maximum Gasteiger partial charge on any atom is 0.326 e. The second kappa shape index (κ2) is 7.52. The first-order chi connectivity index (χ1) is 12.3. The number of rotatable bonds is 3. The summed E-state index contributed by atoms with van der Waals surface area (Å²) in [5.74, 6) is 0.783. The summed E-state index contributed by atoms with van der Waals surface area (Å²) in [6, 6.07) is 16.2. The second-order valence-corrected chi connectivity index (χ2v) is 7.98. The number of amides is 2. The molecule has 1 heterocycles. The van der Waals surface area contributed by atoms with Crippen molar-refractivity contribution >= 4 is 29.2 Å². The molecule has 25 heavy (non-hydrogen) atoms. The van der Waals surface area contributed by atoms with Crippen LogP contribution < -0.4 is 10.2 Å². The lowest BCUT2D eigenvalue weighted by molar-refractivity contribution is 0.246. The number of nitrogens with one attached hydrogen (secondary N) is 1. The average molecular weight is 353 g/mol. The summed E-state index contributed by atoms with van der Waals surface area (Å²) in [5.41, 5.74) is 1.95. The van der Waals surface area contributed by atoms with Crippen LogP contribution in [0.4, 0.5) is 16.2 Å². The van der Waals surface area contributed by atoms with Gasteiger partial charge in [0.15, 0.2) is 0 Å². The van der Waals surface area contributed by atoms with Crippen LogP contribution in [0.1, 0.15) is 38.5 Å². The number of benzene rings is 2. The number of para-hydroxylation sites is 2. The number of anilines is 2. The predicted molar refractivity (Wildman–Crippen MR) is 104 cm³/mol. The van der Waals surface area contributed by atoms with Crippen molar-refractivity contribution in [2.75, 3.05) is 11.4 Å². The molecule has 2 aromatic carbocycles. The Hall–Kier alpha value is -1.94. The fourth-order valence-corrected chi connectivity index (χ4v) is 4.92. The molecule has 0 radical (unpaired) electrons. The van der Waals surface area contributed by atoms with E-state index in [9.17, 15) is 4.79 Å². The van der Waals surface area contributed by atoms with Gasteiger partial charge in [-0.2, -0.15) is 0 Å². The maximum atomic E-state index is 13.0. The normalized spacial score (nSPS) is 16.9. The second-order valence-electron chi connectivity index (χ2n) is 6.90. The van der Waals surface area contributed by atoms with Crippen LogP contribution in [0.5, 0.6) is 0 Å². The SMILES string of the molecule is O=C(NCCC1CCCCC1)N1c2ccccc2Sc2ccccc21. The molecular formula is C21H24N2OS. The standard InChI is InChI=1S/C21H24N2OS/c24-21(22-15-14-16-8-2-1-3-9-16)23-17-10-4-6-12-19(17)25-20-13-7-5-11-18(20)23/h4-7,10-13,16H,1-3,8-9,14-15H2,(H,22,24). The molecule has 1 N–H and O–H groups in total. The highest BCUT2D eigenvalue weighted by molar-refractivity contribution is 7.99. The minimum absolute atomic E-state index is 0.0176. The third-order valence-corrected chi connectivity index (χ3v) is 6.32. The summed E-state index contributed by atoms with van der Waals surface area (Å²) >= 11 is 1.73. The van der Waals surface area contributed by atoms with E-state index in [1.165, 1.54) is 32.1 Å². The minimum atomic E-state index is -0.0176. The van der Waals surface area contributed by atoms with Crippen LogP contribution in [0.3, 0.4) is 0 Å². The number of hydrogen-bond acceptors (Lipinski definition) is 2. The minimum Gasteiger partial charge on any atom is -0.337 e. The molecule has 1 aliphatic carbocycles. The first kappa shape index (κ1) is 16.5. The molecule has 1 saturated carbocycles. The smallest absolute Gasteiger partial charge is 0.326 e. The van der Waals surface area contributed by atoms with E-state index >= 15 is 0 Å². The Balaban J connectivity index is 1.49. The summed E-state index contributed by atoms with van der Waals surface area (Å²) in [4.78, 5) is 17.1. The van der Waals surface area contributed by atoms with Crippen molar-refractivity contribution in [3.63, 3.8) is 0 Å². The number of nitrogens with zero attached hydrogens (tertiary/aromatic N) is 1. The molecule has 2 aliphatic rings. The Morgan fingerprint density at radius 3 is 2.20 bits per heavy atom. The summed E-state index contributed by atoms with van der Waals surface area (Å²) < 4.78 is 0. The van der Waals surface area contributed by atoms with Gasteiger partial charge in [-0.3, -0.25) is 4.90 Å². The lowest BCUT2D eigenvalue weighted by Crippen LogP contribution is -2.39. The molecule has 3 nitrogen and oxygen atoms in total. The first-order valence-corrected chi connectivity index (χ1v) is 10.1. The predicted octanol–water partition coefficient (Wildman–Crippen LogP) is 5.97. The van der Waals surface area contributed by atoms with E-state index in [1.807, 2.05) is 41.3 Å². The lowest BCUT2D eigenvalue weighted by atomic mass is 9.87. The topological polar surface area (TPSA) is 32.3 Å². The van der Waals surface area contributed by atoms with E-state index in [0.29, 0.717) is 0 Å². The number of carbonyl (C=O) groups excluding carboxylic acids is 1. The van der Waals surface area contributed by atoms with Gasteiger partial charge in [0.2, 0.25) is 0 Å². The average Bonchev–Trinajstić information content (AvgIpc) is 2.66. The van der Waals surface area contributed by atoms with E-state index in [2.05, 4.69) is 17.4 Å². The Labute approximate surface area is 153 Å². The van der Waals surface area contributed by atoms with E-state index in [0.717, 1.165) is 40.0 Å². The lowest BCUT2D eigenvalue weighted by Gasteiger charge is -2.31. The molecule has 1 aliphatic heterocycles. The number of carbonyl (C=O) groups is 1. The Morgan fingerprint density at radius 2 is 1.56 bits per heavy atom. The van der Waals surface area contributed by atoms with Crippen LogP contribution in [-0.4, -0.2) is 12.6 Å². The number of urea groups is 1. The maximum absolute atomic E-state index is 13.0. The molecule has 4 rings (SSSR count). The van der Waals surface area contributed by atoms with Gasteiger partial charge in [0.05, 0.1) is 11.4 Å².